The van der Waals surface area contributed by atoms with E-state index in [-0.39, 0.29) is 35.8 Å². The third-order valence-electron chi connectivity index (χ3n) is 6.90. The lowest BCUT2D eigenvalue weighted by molar-refractivity contribution is -0.142. The first kappa shape index (κ1) is 30.1. The van der Waals surface area contributed by atoms with Crippen molar-refractivity contribution in [2.24, 2.45) is 11.3 Å². The largest absolute Gasteiger partial charge is 0.463 e. The van der Waals surface area contributed by atoms with Gasteiger partial charge in [0.05, 0.1) is 18.7 Å². The number of hydrogen-bond donors (Lipinski definition) is 1. The number of hydrogen-bond acceptors (Lipinski definition) is 5. The Bertz CT molecular complexity index is 726. The van der Waals surface area contributed by atoms with Crippen molar-refractivity contribution in [2.75, 3.05) is 20.2 Å². The topological polar surface area (TPSA) is 79.0 Å². The summed E-state index contributed by atoms with van der Waals surface area (Å²) in [5, 5.41) is 3.12. The van der Waals surface area contributed by atoms with E-state index < -0.39 is 11.5 Å². The van der Waals surface area contributed by atoms with Gasteiger partial charge in [-0.25, -0.2) is 4.79 Å². The van der Waals surface area contributed by atoms with E-state index in [4.69, 9.17) is 4.74 Å². The number of carbonyl (C=O) groups excluding carboxylic acids is 3. The molecule has 7 nitrogen and oxygen atoms in total. The summed E-state index contributed by atoms with van der Waals surface area (Å²) in [6, 6.07) is -0.865. The molecule has 2 amide bonds. The summed E-state index contributed by atoms with van der Waals surface area (Å²) in [5.41, 5.74) is 0.00104. The molecule has 0 aromatic carbocycles. The zero-order valence-electron chi connectivity index (χ0n) is 23.2. The molecule has 1 aliphatic rings. The SMILES string of the molecule is CCOC(=O)C(C)=C[C@H](C(C)C)N(C)C(=O)C(NC(=O)C1CCCCN1C(C)CC)C(C)(C)C. The molecule has 1 N–H and O–H groups in total. The minimum absolute atomic E-state index is 0.0685. The van der Waals surface area contributed by atoms with Crippen molar-refractivity contribution in [1.29, 1.82) is 0 Å². The molecular weight excluding hydrogens is 430 g/mol. The van der Waals surface area contributed by atoms with Crippen molar-refractivity contribution in [1.82, 2.24) is 15.1 Å². The minimum atomic E-state index is -0.678. The monoisotopic (exact) mass is 479 g/mol. The van der Waals surface area contributed by atoms with E-state index in [0.717, 1.165) is 32.2 Å². The molecule has 0 aromatic heterocycles. The van der Waals surface area contributed by atoms with E-state index in [2.05, 4.69) is 24.1 Å². The van der Waals surface area contributed by atoms with Crippen molar-refractivity contribution < 1.29 is 19.1 Å². The Balaban J connectivity index is 3.17. The molecule has 1 fully saturated rings. The molecule has 0 spiro atoms. The molecule has 4 atom stereocenters. The molecule has 0 radical (unpaired) electrons. The van der Waals surface area contributed by atoms with Crippen LogP contribution >= 0.6 is 0 Å². The Morgan fingerprint density at radius 3 is 2.26 bits per heavy atom. The van der Waals surface area contributed by atoms with Crippen LogP contribution in [0, 0.1) is 11.3 Å². The molecule has 0 bridgehead atoms. The number of esters is 1. The lowest BCUT2D eigenvalue weighted by atomic mass is 9.84. The maximum atomic E-state index is 13.8. The van der Waals surface area contributed by atoms with Crippen LogP contribution in [0.25, 0.3) is 0 Å². The van der Waals surface area contributed by atoms with Crippen LogP contribution in [0.15, 0.2) is 11.6 Å². The van der Waals surface area contributed by atoms with Gasteiger partial charge in [-0.2, -0.15) is 0 Å². The summed E-state index contributed by atoms with van der Waals surface area (Å²) >= 11 is 0. The molecule has 1 heterocycles. The molecule has 0 aliphatic carbocycles. The van der Waals surface area contributed by atoms with Gasteiger partial charge >= 0.3 is 5.97 Å². The zero-order valence-corrected chi connectivity index (χ0v) is 23.2. The van der Waals surface area contributed by atoms with Gasteiger partial charge in [0.15, 0.2) is 0 Å². The van der Waals surface area contributed by atoms with Crippen molar-refractivity contribution in [3.63, 3.8) is 0 Å². The van der Waals surface area contributed by atoms with Crippen LogP contribution in [-0.4, -0.2) is 72.0 Å². The number of likely N-dealkylation sites (N-methyl/N-ethyl adjacent to an activating group) is 1. The van der Waals surface area contributed by atoms with Crippen LogP contribution in [0.5, 0.6) is 0 Å². The molecule has 34 heavy (non-hydrogen) atoms. The number of likely N-dealkylation sites (tertiary alicyclic amines) is 1. The van der Waals surface area contributed by atoms with Crippen LogP contribution in [0.3, 0.4) is 0 Å². The first-order valence-electron chi connectivity index (χ1n) is 12.9. The third kappa shape index (κ3) is 8.10. The van der Waals surface area contributed by atoms with Crippen molar-refractivity contribution in [3.05, 3.63) is 11.6 Å². The van der Waals surface area contributed by atoms with Crippen molar-refractivity contribution >= 4 is 17.8 Å². The third-order valence-corrected chi connectivity index (χ3v) is 6.90. The Hall–Kier alpha value is -1.89. The van der Waals surface area contributed by atoms with Crippen molar-refractivity contribution in [3.8, 4) is 0 Å². The van der Waals surface area contributed by atoms with E-state index in [1.54, 1.807) is 31.9 Å². The first-order valence-corrected chi connectivity index (χ1v) is 12.9. The lowest BCUT2D eigenvalue weighted by Crippen LogP contribution is -2.60. The fourth-order valence-electron chi connectivity index (χ4n) is 4.56. The quantitative estimate of drug-likeness (QED) is 0.376. The highest BCUT2D eigenvalue weighted by Crippen LogP contribution is 2.26. The molecule has 196 valence electrons. The summed E-state index contributed by atoms with van der Waals surface area (Å²) in [6.07, 6.45) is 5.71. The van der Waals surface area contributed by atoms with Gasteiger partial charge in [-0.05, 0) is 57.9 Å². The molecule has 0 saturated carbocycles. The maximum Gasteiger partial charge on any atom is 0.333 e. The van der Waals surface area contributed by atoms with Crippen LogP contribution in [0.2, 0.25) is 0 Å². The Morgan fingerprint density at radius 1 is 1.15 bits per heavy atom. The van der Waals surface area contributed by atoms with Gasteiger partial charge in [0.25, 0.3) is 0 Å². The number of piperidine rings is 1. The van der Waals surface area contributed by atoms with Crippen LogP contribution in [0.1, 0.15) is 88.0 Å². The van der Waals surface area contributed by atoms with Gasteiger partial charge in [0.1, 0.15) is 6.04 Å². The second kappa shape index (κ2) is 13.3. The zero-order chi connectivity index (χ0) is 26.2. The van der Waals surface area contributed by atoms with Gasteiger partial charge in [0.2, 0.25) is 11.8 Å². The summed E-state index contributed by atoms with van der Waals surface area (Å²) in [6.45, 7) is 18.9. The van der Waals surface area contributed by atoms with Gasteiger partial charge < -0.3 is 15.0 Å². The Morgan fingerprint density at radius 2 is 1.76 bits per heavy atom. The van der Waals surface area contributed by atoms with Crippen LogP contribution < -0.4 is 5.32 Å². The van der Waals surface area contributed by atoms with E-state index >= 15 is 0 Å². The number of ether oxygens (including phenoxy) is 1. The summed E-state index contributed by atoms with van der Waals surface area (Å²) in [4.78, 5) is 43.3. The highest BCUT2D eigenvalue weighted by atomic mass is 16.5. The maximum absolute atomic E-state index is 13.8. The van der Waals surface area contributed by atoms with E-state index in [1.165, 1.54) is 0 Å². The van der Waals surface area contributed by atoms with Gasteiger partial charge in [-0.3, -0.25) is 14.5 Å². The molecule has 1 aliphatic heterocycles. The van der Waals surface area contributed by atoms with Crippen molar-refractivity contribution in [2.45, 2.75) is 112 Å². The minimum Gasteiger partial charge on any atom is -0.463 e. The second-order valence-corrected chi connectivity index (χ2v) is 11.1. The van der Waals surface area contributed by atoms with E-state index in [0.29, 0.717) is 18.2 Å². The van der Waals surface area contributed by atoms with Gasteiger partial charge in [-0.15, -0.1) is 0 Å². The number of nitrogens with one attached hydrogen (secondary N) is 1. The Kier molecular flexibility index (Phi) is 11.8. The van der Waals surface area contributed by atoms with Crippen LogP contribution in [0.4, 0.5) is 0 Å². The number of rotatable bonds is 10. The second-order valence-electron chi connectivity index (χ2n) is 11.1. The van der Waals surface area contributed by atoms with Crippen LogP contribution in [-0.2, 0) is 19.1 Å². The highest BCUT2D eigenvalue weighted by molar-refractivity contribution is 5.91. The van der Waals surface area contributed by atoms with E-state index in [9.17, 15) is 14.4 Å². The fraction of sp³-hybridized carbons (Fsp3) is 0.815. The Labute approximate surface area is 207 Å². The van der Waals surface area contributed by atoms with Gasteiger partial charge in [-0.1, -0.05) is 54.0 Å². The molecule has 3 unspecified atom stereocenters. The average molecular weight is 480 g/mol. The molecular formula is C27H49N3O4. The highest BCUT2D eigenvalue weighted by Gasteiger charge is 2.40. The molecule has 1 saturated heterocycles. The normalized spacial score (nSPS) is 20.4. The predicted octanol–water partition coefficient (Wildman–Crippen LogP) is 4.16. The number of carbonyl (C=O) groups is 3. The molecule has 0 aromatic rings. The summed E-state index contributed by atoms with van der Waals surface area (Å²) in [7, 11) is 1.75. The smallest absolute Gasteiger partial charge is 0.333 e. The number of nitrogens with zero attached hydrogens (tertiary/aromatic N) is 2. The molecule has 1 rings (SSSR count). The van der Waals surface area contributed by atoms with Gasteiger partial charge in [0, 0.05) is 18.7 Å². The molecule has 7 heteroatoms. The fourth-order valence-corrected chi connectivity index (χ4v) is 4.56. The predicted molar refractivity (Wildman–Crippen MR) is 137 cm³/mol. The summed E-state index contributed by atoms with van der Waals surface area (Å²) < 4.78 is 5.11. The standard InChI is InChI=1S/C27H49N3O4/c1-11-20(6)30-16-14-13-15-21(30)24(31)28-23(27(7,8)9)25(32)29(10)22(18(3)4)17-19(5)26(33)34-12-2/h17-18,20-23H,11-16H2,1-10H3,(H,28,31)/t20?,21?,22-,23?/m1/s1. The van der Waals surface area contributed by atoms with E-state index in [1.807, 2.05) is 34.6 Å². The first-order chi connectivity index (χ1) is 15.8. The lowest BCUT2D eigenvalue weighted by Gasteiger charge is -2.41. The summed E-state index contributed by atoms with van der Waals surface area (Å²) in [5.74, 6) is -0.523. The number of amides is 2. The average Bonchev–Trinajstić information content (AvgIpc) is 2.78.